The minimum Gasteiger partial charge on any atom is -0.310 e. The Bertz CT molecular complexity index is 448. The molecular weight excluding hydrogens is 277 g/mol. The predicted octanol–water partition coefficient (Wildman–Crippen LogP) is 5.08. The van der Waals surface area contributed by atoms with E-state index in [9.17, 15) is 0 Å². The fraction of sp³-hybridized carbons (Fsp3) is 0.625. The van der Waals surface area contributed by atoms with Crippen LogP contribution in [0.25, 0.3) is 0 Å². The second-order valence-corrected chi connectivity index (χ2v) is 6.71. The van der Waals surface area contributed by atoms with Crippen LogP contribution in [0.4, 0.5) is 0 Å². The number of fused-ring (bicyclic) bond motifs is 1. The van der Waals surface area contributed by atoms with E-state index in [4.69, 9.17) is 23.2 Å². The van der Waals surface area contributed by atoms with E-state index >= 15 is 0 Å². The van der Waals surface area contributed by atoms with Crippen LogP contribution in [0.1, 0.15) is 44.2 Å². The van der Waals surface area contributed by atoms with Gasteiger partial charge in [0.1, 0.15) is 0 Å². The van der Waals surface area contributed by atoms with Gasteiger partial charge in [-0.3, -0.25) is 0 Å². The number of hydrogen-bond donors (Lipinski definition) is 1. The average Bonchev–Trinajstić information content (AvgIpc) is 3.13. The minimum absolute atomic E-state index is 0.452. The Morgan fingerprint density at radius 3 is 2.42 bits per heavy atom. The van der Waals surface area contributed by atoms with Gasteiger partial charge in [0, 0.05) is 6.04 Å². The topological polar surface area (TPSA) is 12.0 Å². The van der Waals surface area contributed by atoms with Gasteiger partial charge in [-0.05, 0) is 54.8 Å². The fourth-order valence-electron chi connectivity index (χ4n) is 3.94. The van der Waals surface area contributed by atoms with Gasteiger partial charge < -0.3 is 5.32 Å². The van der Waals surface area contributed by atoms with Crippen molar-refractivity contribution in [3.05, 3.63) is 33.8 Å². The molecule has 0 saturated heterocycles. The normalized spacial score (nSPS) is 30.8. The Labute approximate surface area is 125 Å². The monoisotopic (exact) mass is 297 g/mol. The molecule has 19 heavy (non-hydrogen) atoms. The Kier molecular flexibility index (Phi) is 4.07. The molecule has 0 amide bonds. The van der Waals surface area contributed by atoms with Gasteiger partial charge >= 0.3 is 0 Å². The molecule has 2 fully saturated rings. The molecular formula is C16H21Cl2N. The van der Waals surface area contributed by atoms with Crippen LogP contribution < -0.4 is 5.32 Å². The summed E-state index contributed by atoms with van der Waals surface area (Å²) in [6.07, 6.45) is 5.66. The zero-order chi connectivity index (χ0) is 13.4. The molecule has 1 nitrogen and oxygen atoms in total. The fourth-order valence-corrected chi connectivity index (χ4v) is 4.25. The minimum atomic E-state index is 0.452. The smallest absolute Gasteiger partial charge is 0.0595 e. The van der Waals surface area contributed by atoms with E-state index in [1.807, 2.05) is 12.1 Å². The molecule has 3 unspecified atom stereocenters. The van der Waals surface area contributed by atoms with Gasteiger partial charge in [0.2, 0.25) is 0 Å². The molecule has 1 N–H and O–H groups in total. The van der Waals surface area contributed by atoms with Crippen LogP contribution in [-0.4, -0.2) is 6.54 Å². The highest BCUT2D eigenvalue weighted by atomic mass is 35.5. The molecule has 0 aromatic heterocycles. The molecule has 0 aliphatic heterocycles. The summed E-state index contributed by atoms with van der Waals surface area (Å²) in [5, 5.41) is 4.98. The van der Waals surface area contributed by atoms with Crippen LogP contribution in [-0.2, 0) is 0 Å². The van der Waals surface area contributed by atoms with Crippen LogP contribution in [0.2, 0.25) is 10.0 Å². The Hall–Kier alpha value is -0.240. The maximum atomic E-state index is 6.18. The molecule has 3 rings (SSSR count). The number of hydrogen-bond acceptors (Lipinski definition) is 1. The van der Waals surface area contributed by atoms with Crippen molar-refractivity contribution in [1.29, 1.82) is 0 Å². The molecule has 0 bridgehead atoms. The van der Waals surface area contributed by atoms with E-state index < -0.39 is 0 Å². The van der Waals surface area contributed by atoms with E-state index in [2.05, 4.69) is 18.3 Å². The van der Waals surface area contributed by atoms with Crippen molar-refractivity contribution < 1.29 is 0 Å². The number of rotatable bonds is 4. The van der Waals surface area contributed by atoms with Gasteiger partial charge in [0.05, 0.1) is 10.0 Å². The lowest BCUT2D eigenvalue weighted by molar-refractivity contribution is 0.457. The second-order valence-electron chi connectivity index (χ2n) is 5.90. The van der Waals surface area contributed by atoms with Crippen molar-refractivity contribution in [1.82, 2.24) is 5.32 Å². The molecule has 0 spiro atoms. The molecule has 0 radical (unpaired) electrons. The summed E-state index contributed by atoms with van der Waals surface area (Å²) < 4.78 is 0. The highest BCUT2D eigenvalue weighted by Gasteiger charge is 2.54. The van der Waals surface area contributed by atoms with E-state index in [0.717, 1.165) is 24.3 Å². The van der Waals surface area contributed by atoms with Crippen LogP contribution in [0, 0.1) is 17.8 Å². The van der Waals surface area contributed by atoms with Crippen molar-refractivity contribution in [3.63, 3.8) is 0 Å². The standard InChI is InChI=1S/C16H21Cl2N/c1-2-19-16(10-7-8-13(17)14(18)9-10)15-11-5-3-4-6-12(11)15/h7-9,11-12,15-16,19H,2-6H2,1H3. The van der Waals surface area contributed by atoms with Crippen molar-refractivity contribution >= 4 is 23.2 Å². The number of benzene rings is 1. The molecule has 1 aromatic rings. The first-order valence-corrected chi connectivity index (χ1v) is 8.16. The molecule has 104 valence electrons. The molecule has 0 heterocycles. The van der Waals surface area contributed by atoms with Gasteiger partial charge in [-0.15, -0.1) is 0 Å². The maximum absolute atomic E-state index is 6.18. The summed E-state index contributed by atoms with van der Waals surface area (Å²) >= 11 is 12.2. The van der Waals surface area contributed by atoms with Crippen LogP contribution in [0.15, 0.2) is 18.2 Å². The van der Waals surface area contributed by atoms with Crippen molar-refractivity contribution in [2.45, 2.75) is 38.6 Å². The van der Waals surface area contributed by atoms with Crippen LogP contribution in [0.5, 0.6) is 0 Å². The largest absolute Gasteiger partial charge is 0.310 e. The molecule has 3 atom stereocenters. The molecule has 2 aliphatic rings. The molecule has 3 heteroatoms. The van der Waals surface area contributed by atoms with Crippen molar-refractivity contribution in [2.24, 2.45) is 17.8 Å². The lowest BCUT2D eigenvalue weighted by Crippen LogP contribution is -2.23. The van der Waals surface area contributed by atoms with E-state index in [0.29, 0.717) is 16.1 Å². The van der Waals surface area contributed by atoms with Gasteiger partial charge in [0.25, 0.3) is 0 Å². The van der Waals surface area contributed by atoms with Crippen LogP contribution in [0.3, 0.4) is 0 Å². The first-order chi connectivity index (χ1) is 9.22. The highest BCUT2D eigenvalue weighted by Crippen LogP contribution is 2.60. The quantitative estimate of drug-likeness (QED) is 0.817. The Morgan fingerprint density at radius 1 is 1.16 bits per heavy atom. The van der Waals surface area contributed by atoms with Gasteiger partial charge in [0.15, 0.2) is 0 Å². The number of nitrogens with one attached hydrogen (secondary N) is 1. The predicted molar refractivity (Wildman–Crippen MR) is 81.8 cm³/mol. The summed E-state index contributed by atoms with van der Waals surface area (Å²) in [6, 6.07) is 6.55. The Morgan fingerprint density at radius 2 is 1.84 bits per heavy atom. The SMILES string of the molecule is CCNC(c1ccc(Cl)c(Cl)c1)C1C2CCCCC21. The molecule has 2 saturated carbocycles. The average molecular weight is 298 g/mol. The van der Waals surface area contributed by atoms with Gasteiger partial charge in [-0.25, -0.2) is 0 Å². The third-order valence-corrected chi connectivity index (χ3v) is 5.57. The first-order valence-electron chi connectivity index (χ1n) is 7.40. The zero-order valence-electron chi connectivity index (χ0n) is 11.3. The van der Waals surface area contributed by atoms with E-state index in [1.54, 1.807) is 0 Å². The van der Waals surface area contributed by atoms with Gasteiger partial charge in [-0.2, -0.15) is 0 Å². The first kappa shape index (κ1) is 13.7. The summed E-state index contributed by atoms with van der Waals surface area (Å²) in [6.45, 7) is 3.18. The highest BCUT2D eigenvalue weighted by molar-refractivity contribution is 6.42. The van der Waals surface area contributed by atoms with E-state index in [1.165, 1.54) is 31.2 Å². The lowest BCUT2D eigenvalue weighted by atomic mass is 10.00. The van der Waals surface area contributed by atoms with E-state index in [-0.39, 0.29) is 0 Å². The second kappa shape index (κ2) is 5.63. The maximum Gasteiger partial charge on any atom is 0.0595 e. The number of halogens is 2. The summed E-state index contributed by atoms with van der Waals surface area (Å²) in [5.74, 6) is 2.68. The summed E-state index contributed by atoms with van der Waals surface area (Å²) in [5.41, 5.74) is 1.30. The summed E-state index contributed by atoms with van der Waals surface area (Å²) in [4.78, 5) is 0. The van der Waals surface area contributed by atoms with Gasteiger partial charge in [-0.1, -0.05) is 49.0 Å². The zero-order valence-corrected chi connectivity index (χ0v) is 12.8. The lowest BCUT2D eigenvalue weighted by Gasteiger charge is -2.19. The molecule has 1 aromatic carbocycles. The van der Waals surface area contributed by atoms with Crippen molar-refractivity contribution in [2.75, 3.05) is 6.54 Å². The molecule has 2 aliphatic carbocycles. The third-order valence-electron chi connectivity index (χ3n) is 4.83. The van der Waals surface area contributed by atoms with Crippen molar-refractivity contribution in [3.8, 4) is 0 Å². The summed E-state index contributed by atoms with van der Waals surface area (Å²) in [7, 11) is 0. The Balaban J connectivity index is 1.82. The van der Waals surface area contributed by atoms with Crippen LogP contribution >= 0.6 is 23.2 Å². The third kappa shape index (κ3) is 2.66.